The van der Waals surface area contributed by atoms with Crippen LogP contribution in [0.2, 0.25) is 0 Å². The average Bonchev–Trinajstić information content (AvgIpc) is 2.16. The van der Waals surface area contributed by atoms with Gasteiger partial charge < -0.3 is 10.5 Å². The summed E-state index contributed by atoms with van der Waals surface area (Å²) >= 11 is 0. The van der Waals surface area contributed by atoms with Crippen molar-refractivity contribution in [1.82, 2.24) is 0 Å². The van der Waals surface area contributed by atoms with Gasteiger partial charge in [-0.05, 0) is 6.07 Å². The molecule has 0 aliphatic carbocycles. The van der Waals surface area contributed by atoms with Gasteiger partial charge in [0.2, 0.25) is 0 Å². The zero-order valence-electron chi connectivity index (χ0n) is 7.39. The minimum atomic E-state index is -0.651. The van der Waals surface area contributed by atoms with Crippen LogP contribution in [0, 0.1) is 10.1 Å². The smallest absolute Gasteiger partial charge is 0.293 e. The maximum Gasteiger partial charge on any atom is 0.293 e. The molecule has 0 spiro atoms. The van der Waals surface area contributed by atoms with E-state index in [-0.39, 0.29) is 22.7 Å². The summed E-state index contributed by atoms with van der Waals surface area (Å²) in [5.74, 6) is 0.225. The predicted octanol–water partition coefficient (Wildman–Crippen LogP) is 0.998. The number of aldehydes is 1. The maximum absolute atomic E-state index is 10.6. The van der Waals surface area contributed by atoms with E-state index in [2.05, 4.69) is 0 Å². The summed E-state index contributed by atoms with van der Waals surface area (Å²) in [6, 6.07) is 2.53. The fraction of sp³-hybridized carbons (Fsp3) is 0.125. The summed E-state index contributed by atoms with van der Waals surface area (Å²) < 4.78 is 4.82. The maximum atomic E-state index is 10.6. The zero-order valence-corrected chi connectivity index (χ0v) is 7.39. The van der Waals surface area contributed by atoms with Crippen LogP contribution in [0.5, 0.6) is 5.75 Å². The van der Waals surface area contributed by atoms with Crippen molar-refractivity contribution in [3.8, 4) is 5.75 Å². The van der Waals surface area contributed by atoms with Gasteiger partial charge in [-0.2, -0.15) is 0 Å². The Morgan fingerprint density at radius 1 is 1.57 bits per heavy atom. The summed E-state index contributed by atoms with van der Waals surface area (Å²) in [6.07, 6.45) is 0.432. The number of ether oxygens (including phenoxy) is 1. The van der Waals surface area contributed by atoms with E-state index in [1.807, 2.05) is 0 Å². The highest BCUT2D eigenvalue weighted by Gasteiger charge is 2.18. The van der Waals surface area contributed by atoms with Crippen LogP contribution >= 0.6 is 0 Å². The molecule has 0 heterocycles. The molecule has 0 amide bonds. The van der Waals surface area contributed by atoms with Crippen molar-refractivity contribution >= 4 is 17.7 Å². The molecular formula is C8H8N2O4. The van der Waals surface area contributed by atoms with Crippen molar-refractivity contribution in [2.75, 3.05) is 12.8 Å². The molecule has 0 saturated carbocycles. The molecule has 0 aromatic heterocycles. The largest absolute Gasteiger partial charge is 0.496 e. The monoisotopic (exact) mass is 196 g/mol. The first kappa shape index (κ1) is 9.97. The Kier molecular flexibility index (Phi) is 2.66. The van der Waals surface area contributed by atoms with Crippen LogP contribution in [-0.4, -0.2) is 18.3 Å². The molecule has 0 aliphatic heterocycles. The Morgan fingerprint density at radius 2 is 2.21 bits per heavy atom. The first-order valence-electron chi connectivity index (χ1n) is 3.67. The average molecular weight is 196 g/mol. The lowest BCUT2D eigenvalue weighted by atomic mass is 10.1. The van der Waals surface area contributed by atoms with E-state index in [1.165, 1.54) is 19.2 Å². The number of rotatable bonds is 3. The number of carbonyl (C=O) groups is 1. The number of anilines is 1. The number of methoxy groups -OCH3 is 1. The number of hydrogen-bond donors (Lipinski definition) is 1. The van der Waals surface area contributed by atoms with E-state index in [0.717, 1.165) is 0 Å². The Hall–Kier alpha value is -2.11. The number of nitro benzene ring substituents is 1. The van der Waals surface area contributed by atoms with Gasteiger partial charge in [0.25, 0.3) is 5.69 Å². The van der Waals surface area contributed by atoms with Gasteiger partial charge in [0.05, 0.1) is 17.6 Å². The summed E-state index contributed by atoms with van der Waals surface area (Å²) in [6.45, 7) is 0. The minimum absolute atomic E-state index is 0.00157. The van der Waals surface area contributed by atoms with Gasteiger partial charge in [0, 0.05) is 6.07 Å². The predicted molar refractivity (Wildman–Crippen MR) is 49.4 cm³/mol. The first-order valence-corrected chi connectivity index (χ1v) is 3.67. The lowest BCUT2D eigenvalue weighted by Crippen LogP contribution is -2.01. The SMILES string of the molecule is COc1ccc([N+](=O)[O-])c(N)c1C=O. The molecule has 1 aromatic carbocycles. The zero-order chi connectivity index (χ0) is 10.7. The topological polar surface area (TPSA) is 95.5 Å². The Labute approximate surface area is 79.4 Å². The number of carbonyl (C=O) groups excluding carboxylic acids is 1. The van der Waals surface area contributed by atoms with Crippen LogP contribution in [0.15, 0.2) is 12.1 Å². The fourth-order valence-electron chi connectivity index (χ4n) is 1.06. The van der Waals surface area contributed by atoms with Crippen molar-refractivity contribution in [3.05, 3.63) is 27.8 Å². The number of benzene rings is 1. The molecule has 0 aliphatic rings. The number of hydrogen-bond acceptors (Lipinski definition) is 5. The van der Waals surface area contributed by atoms with E-state index >= 15 is 0 Å². The molecule has 1 rings (SSSR count). The molecule has 6 heteroatoms. The van der Waals surface area contributed by atoms with Gasteiger partial charge in [-0.3, -0.25) is 14.9 Å². The second-order valence-electron chi connectivity index (χ2n) is 2.49. The molecule has 0 radical (unpaired) electrons. The highest BCUT2D eigenvalue weighted by atomic mass is 16.6. The molecule has 2 N–H and O–H groups in total. The third kappa shape index (κ3) is 1.49. The second kappa shape index (κ2) is 3.73. The second-order valence-corrected chi connectivity index (χ2v) is 2.49. The van der Waals surface area contributed by atoms with Crippen LogP contribution < -0.4 is 10.5 Å². The first-order chi connectivity index (χ1) is 6.61. The van der Waals surface area contributed by atoms with Gasteiger partial charge in [-0.1, -0.05) is 0 Å². The fourth-order valence-corrected chi connectivity index (χ4v) is 1.06. The van der Waals surface area contributed by atoms with Crippen molar-refractivity contribution in [2.24, 2.45) is 0 Å². The Morgan fingerprint density at radius 3 is 2.64 bits per heavy atom. The third-order valence-electron chi connectivity index (χ3n) is 1.76. The van der Waals surface area contributed by atoms with Gasteiger partial charge in [0.15, 0.2) is 6.29 Å². The number of nitrogens with zero attached hydrogens (tertiary/aromatic N) is 1. The number of nitro groups is 1. The van der Waals surface area contributed by atoms with Crippen molar-refractivity contribution in [2.45, 2.75) is 0 Å². The highest BCUT2D eigenvalue weighted by Crippen LogP contribution is 2.30. The normalized spacial score (nSPS) is 9.50. The summed E-state index contributed by atoms with van der Waals surface area (Å²) in [4.78, 5) is 20.4. The highest BCUT2D eigenvalue weighted by molar-refractivity contribution is 5.90. The summed E-state index contributed by atoms with van der Waals surface area (Å²) in [5.41, 5.74) is 4.95. The third-order valence-corrected chi connectivity index (χ3v) is 1.76. The van der Waals surface area contributed by atoms with Gasteiger partial charge >= 0.3 is 0 Å². The molecule has 0 unspecified atom stereocenters. The lowest BCUT2D eigenvalue weighted by molar-refractivity contribution is -0.383. The molecule has 0 atom stereocenters. The molecule has 0 bridgehead atoms. The molecule has 0 fully saturated rings. The molecular weight excluding hydrogens is 188 g/mol. The molecule has 6 nitrogen and oxygen atoms in total. The number of nitrogens with two attached hydrogens (primary N) is 1. The van der Waals surface area contributed by atoms with Crippen LogP contribution in [0.25, 0.3) is 0 Å². The van der Waals surface area contributed by atoms with Crippen molar-refractivity contribution in [3.63, 3.8) is 0 Å². The van der Waals surface area contributed by atoms with E-state index in [1.54, 1.807) is 0 Å². The van der Waals surface area contributed by atoms with E-state index in [9.17, 15) is 14.9 Å². The molecule has 14 heavy (non-hydrogen) atoms. The van der Waals surface area contributed by atoms with E-state index < -0.39 is 4.92 Å². The van der Waals surface area contributed by atoms with Gasteiger partial charge in [0.1, 0.15) is 11.4 Å². The molecule has 1 aromatic rings. The Bertz CT molecular complexity index is 389. The molecule has 0 saturated heterocycles. The lowest BCUT2D eigenvalue weighted by Gasteiger charge is -2.05. The number of nitrogen functional groups attached to an aromatic ring is 1. The minimum Gasteiger partial charge on any atom is -0.496 e. The van der Waals surface area contributed by atoms with E-state index in [4.69, 9.17) is 10.5 Å². The Balaban J connectivity index is 3.42. The van der Waals surface area contributed by atoms with Crippen LogP contribution in [-0.2, 0) is 0 Å². The van der Waals surface area contributed by atoms with Crippen molar-refractivity contribution < 1.29 is 14.5 Å². The summed E-state index contributed by atoms with van der Waals surface area (Å²) in [7, 11) is 1.35. The quantitative estimate of drug-likeness (QED) is 0.336. The molecule has 74 valence electrons. The van der Waals surface area contributed by atoms with Crippen molar-refractivity contribution in [1.29, 1.82) is 0 Å². The summed E-state index contributed by atoms with van der Waals surface area (Å²) in [5, 5.41) is 10.5. The standard InChI is InChI=1S/C8H8N2O4/c1-14-7-3-2-6(10(12)13)8(9)5(7)4-11/h2-4H,9H2,1H3. The van der Waals surface area contributed by atoms with Crippen LogP contribution in [0.4, 0.5) is 11.4 Å². The van der Waals surface area contributed by atoms with Gasteiger partial charge in [-0.25, -0.2) is 0 Å². The van der Waals surface area contributed by atoms with Gasteiger partial charge in [-0.15, -0.1) is 0 Å². The van der Waals surface area contributed by atoms with Crippen LogP contribution in [0.1, 0.15) is 10.4 Å². The van der Waals surface area contributed by atoms with Crippen LogP contribution in [0.3, 0.4) is 0 Å². The van der Waals surface area contributed by atoms with E-state index in [0.29, 0.717) is 6.29 Å².